The minimum Gasteiger partial charge on any atom is -0.439 e. The molecule has 0 amide bonds. The summed E-state index contributed by atoms with van der Waals surface area (Å²) in [5.74, 6) is 1.87. The Morgan fingerprint density at radius 2 is 2.05 bits per heavy atom. The van der Waals surface area contributed by atoms with E-state index in [-0.39, 0.29) is 0 Å². The Morgan fingerprint density at radius 3 is 2.71 bits per heavy atom. The number of benzene rings is 1. The average molecular weight is 396 g/mol. The maximum atomic E-state index is 5.93. The highest BCUT2D eigenvalue weighted by Gasteiger charge is 2.08. The first-order valence-corrected chi connectivity index (χ1v) is 8.31. The molecular formula is C17H21IN2O. The highest BCUT2D eigenvalue weighted by molar-refractivity contribution is 14.1. The fourth-order valence-electron chi connectivity index (χ4n) is 1.95. The summed E-state index contributed by atoms with van der Waals surface area (Å²) in [4.78, 5) is 4.61. The number of halogens is 1. The van der Waals surface area contributed by atoms with Crippen LogP contribution in [0.15, 0.2) is 36.4 Å². The van der Waals surface area contributed by atoms with Crippen molar-refractivity contribution in [1.29, 1.82) is 0 Å². The second kappa shape index (κ2) is 7.75. The number of pyridine rings is 1. The van der Waals surface area contributed by atoms with Crippen LogP contribution in [-0.2, 0) is 6.54 Å². The summed E-state index contributed by atoms with van der Waals surface area (Å²) < 4.78 is 7.08. The van der Waals surface area contributed by atoms with Crippen LogP contribution >= 0.6 is 22.6 Å². The normalized spacial score (nSPS) is 10.9. The first-order chi connectivity index (χ1) is 10.1. The van der Waals surface area contributed by atoms with E-state index in [9.17, 15) is 0 Å². The summed E-state index contributed by atoms with van der Waals surface area (Å²) in [5, 5.41) is 3.35. The van der Waals surface area contributed by atoms with E-state index < -0.39 is 0 Å². The van der Waals surface area contributed by atoms with Crippen LogP contribution in [0.2, 0.25) is 0 Å². The van der Waals surface area contributed by atoms with Crippen molar-refractivity contribution in [1.82, 2.24) is 10.3 Å². The minimum atomic E-state index is 0.379. The summed E-state index contributed by atoms with van der Waals surface area (Å²) in [6, 6.07) is 12.2. The van der Waals surface area contributed by atoms with Crippen molar-refractivity contribution in [3.8, 4) is 11.6 Å². The third kappa shape index (κ3) is 4.97. The molecule has 2 aromatic rings. The number of hydrogen-bond donors (Lipinski definition) is 1. The van der Waals surface area contributed by atoms with Crippen molar-refractivity contribution in [3.05, 3.63) is 51.2 Å². The molecule has 0 spiro atoms. The summed E-state index contributed by atoms with van der Waals surface area (Å²) in [5.41, 5.74) is 2.27. The van der Waals surface area contributed by atoms with Gasteiger partial charge in [-0.25, -0.2) is 4.98 Å². The van der Waals surface area contributed by atoms with Crippen molar-refractivity contribution in [2.75, 3.05) is 6.54 Å². The van der Waals surface area contributed by atoms with E-state index in [1.165, 1.54) is 5.56 Å². The molecule has 3 nitrogen and oxygen atoms in total. The van der Waals surface area contributed by atoms with Crippen molar-refractivity contribution in [3.63, 3.8) is 0 Å². The number of hydrogen-bond acceptors (Lipinski definition) is 3. The van der Waals surface area contributed by atoms with Gasteiger partial charge in [-0.3, -0.25) is 0 Å². The summed E-state index contributed by atoms with van der Waals surface area (Å²) in [6.07, 6.45) is 0. The second-order valence-electron chi connectivity index (χ2n) is 5.23. The lowest BCUT2D eigenvalue weighted by atomic mass is 10.1. The molecule has 1 aromatic heterocycles. The molecule has 4 heteroatoms. The first kappa shape index (κ1) is 16.2. The van der Waals surface area contributed by atoms with Gasteiger partial charge in [0.2, 0.25) is 5.88 Å². The van der Waals surface area contributed by atoms with Gasteiger partial charge < -0.3 is 10.1 Å². The van der Waals surface area contributed by atoms with Gasteiger partial charge in [0, 0.05) is 21.9 Å². The molecule has 0 fully saturated rings. The SMILES string of the molecule is CCNCc1cc(Oc2cccc(I)c2)nc(C(C)C)c1. The van der Waals surface area contributed by atoms with Crippen LogP contribution in [0.4, 0.5) is 0 Å². The molecule has 0 aliphatic heterocycles. The zero-order chi connectivity index (χ0) is 15.2. The molecule has 21 heavy (non-hydrogen) atoms. The van der Waals surface area contributed by atoms with Crippen LogP contribution in [0.5, 0.6) is 11.6 Å². The number of rotatable bonds is 6. The lowest BCUT2D eigenvalue weighted by Crippen LogP contribution is -2.12. The van der Waals surface area contributed by atoms with E-state index >= 15 is 0 Å². The second-order valence-corrected chi connectivity index (χ2v) is 6.48. The quantitative estimate of drug-likeness (QED) is 0.719. The van der Waals surface area contributed by atoms with Crippen LogP contribution < -0.4 is 10.1 Å². The van der Waals surface area contributed by atoms with Crippen LogP contribution in [-0.4, -0.2) is 11.5 Å². The van der Waals surface area contributed by atoms with Crippen molar-refractivity contribution < 1.29 is 4.74 Å². The third-order valence-electron chi connectivity index (χ3n) is 3.07. The molecule has 0 saturated carbocycles. The van der Waals surface area contributed by atoms with Gasteiger partial charge >= 0.3 is 0 Å². The largest absolute Gasteiger partial charge is 0.439 e. The van der Waals surface area contributed by atoms with Crippen LogP contribution in [0, 0.1) is 3.57 Å². The number of nitrogens with one attached hydrogen (secondary N) is 1. The lowest BCUT2D eigenvalue weighted by Gasteiger charge is -2.12. The van der Waals surface area contributed by atoms with Crippen LogP contribution in [0.1, 0.15) is 37.9 Å². The Balaban J connectivity index is 2.26. The van der Waals surface area contributed by atoms with Gasteiger partial charge in [0.15, 0.2) is 0 Å². The Morgan fingerprint density at radius 1 is 1.24 bits per heavy atom. The maximum absolute atomic E-state index is 5.93. The molecule has 1 aromatic carbocycles. The highest BCUT2D eigenvalue weighted by Crippen LogP contribution is 2.25. The zero-order valence-electron chi connectivity index (χ0n) is 12.7. The molecule has 0 aliphatic carbocycles. The van der Waals surface area contributed by atoms with E-state index in [0.29, 0.717) is 11.8 Å². The molecule has 2 rings (SSSR count). The fourth-order valence-corrected chi connectivity index (χ4v) is 2.47. The molecule has 0 aliphatic rings. The predicted octanol–water partition coefficient (Wildman–Crippen LogP) is 4.71. The summed E-state index contributed by atoms with van der Waals surface area (Å²) in [7, 11) is 0. The highest BCUT2D eigenvalue weighted by atomic mass is 127. The fraction of sp³-hybridized carbons (Fsp3) is 0.353. The Labute approximate surface area is 140 Å². The van der Waals surface area contributed by atoms with Gasteiger partial charge in [-0.2, -0.15) is 0 Å². The molecule has 0 bridgehead atoms. The standard InChI is InChI=1S/C17H21IN2O/c1-4-19-11-13-8-16(12(2)3)20-17(9-13)21-15-7-5-6-14(18)10-15/h5-10,12,19H,4,11H2,1-3H3. The number of aromatic nitrogens is 1. The van der Waals surface area contributed by atoms with E-state index in [2.05, 4.69) is 59.7 Å². The lowest BCUT2D eigenvalue weighted by molar-refractivity contribution is 0.458. The number of nitrogens with zero attached hydrogens (tertiary/aromatic N) is 1. The summed E-state index contributed by atoms with van der Waals surface area (Å²) >= 11 is 2.28. The molecule has 0 saturated heterocycles. The molecule has 0 unspecified atom stereocenters. The molecule has 112 valence electrons. The number of ether oxygens (including phenoxy) is 1. The van der Waals surface area contributed by atoms with Gasteiger partial charge in [0.1, 0.15) is 5.75 Å². The van der Waals surface area contributed by atoms with Gasteiger partial charge in [0.25, 0.3) is 0 Å². The van der Waals surface area contributed by atoms with Crippen molar-refractivity contribution in [2.45, 2.75) is 33.2 Å². The Hall–Kier alpha value is -1.14. The van der Waals surface area contributed by atoms with Gasteiger partial charge in [-0.05, 0) is 64.9 Å². The van der Waals surface area contributed by atoms with E-state index in [1.54, 1.807) is 0 Å². The van der Waals surface area contributed by atoms with E-state index in [4.69, 9.17) is 4.74 Å². The van der Waals surface area contributed by atoms with E-state index in [1.807, 2.05) is 30.3 Å². The van der Waals surface area contributed by atoms with Gasteiger partial charge in [-0.15, -0.1) is 0 Å². The van der Waals surface area contributed by atoms with E-state index in [0.717, 1.165) is 28.1 Å². The van der Waals surface area contributed by atoms with Gasteiger partial charge in [-0.1, -0.05) is 26.8 Å². The molecular weight excluding hydrogens is 375 g/mol. The zero-order valence-corrected chi connectivity index (χ0v) is 14.8. The topological polar surface area (TPSA) is 34.1 Å². The van der Waals surface area contributed by atoms with Crippen molar-refractivity contribution >= 4 is 22.6 Å². The Kier molecular flexibility index (Phi) is 5.99. The Bertz CT molecular complexity index is 599. The average Bonchev–Trinajstić information content (AvgIpc) is 2.45. The van der Waals surface area contributed by atoms with Crippen molar-refractivity contribution in [2.24, 2.45) is 0 Å². The summed E-state index contributed by atoms with van der Waals surface area (Å²) in [6.45, 7) is 8.19. The molecule has 1 N–H and O–H groups in total. The minimum absolute atomic E-state index is 0.379. The smallest absolute Gasteiger partial charge is 0.219 e. The van der Waals surface area contributed by atoms with Crippen LogP contribution in [0.3, 0.4) is 0 Å². The van der Waals surface area contributed by atoms with Crippen LogP contribution in [0.25, 0.3) is 0 Å². The monoisotopic (exact) mass is 396 g/mol. The molecule has 0 atom stereocenters. The predicted molar refractivity (Wildman–Crippen MR) is 94.9 cm³/mol. The maximum Gasteiger partial charge on any atom is 0.219 e. The molecule has 0 radical (unpaired) electrons. The third-order valence-corrected chi connectivity index (χ3v) is 3.74. The molecule has 1 heterocycles. The van der Waals surface area contributed by atoms with Gasteiger partial charge in [0.05, 0.1) is 0 Å². The first-order valence-electron chi connectivity index (χ1n) is 7.23.